The van der Waals surface area contributed by atoms with Crippen LogP contribution in [0.5, 0.6) is 17.2 Å². The van der Waals surface area contributed by atoms with E-state index in [-0.39, 0.29) is 5.91 Å². The summed E-state index contributed by atoms with van der Waals surface area (Å²) in [5.74, 6) is -2.34. The van der Waals surface area contributed by atoms with Crippen LogP contribution in [0.2, 0.25) is 0 Å². The summed E-state index contributed by atoms with van der Waals surface area (Å²) in [6.45, 7) is 4.33. The summed E-state index contributed by atoms with van der Waals surface area (Å²) in [5.41, 5.74) is 3.79. The second-order valence-corrected chi connectivity index (χ2v) is 9.81. The lowest BCUT2D eigenvalue weighted by Crippen LogP contribution is -2.42. The number of methoxy groups -OCH3 is 1. The topological polar surface area (TPSA) is 82.1 Å². The Morgan fingerprint density at radius 2 is 1.55 bits per heavy atom. The molecule has 6 rings (SSSR count). The Hall–Kier alpha value is -4.39. The van der Waals surface area contributed by atoms with E-state index in [0.717, 1.165) is 22.3 Å². The van der Waals surface area contributed by atoms with Gasteiger partial charge >= 0.3 is 5.97 Å². The maximum atomic E-state index is 14.0. The highest BCUT2D eigenvalue weighted by Crippen LogP contribution is 2.54. The Morgan fingerprint density at radius 3 is 2.24 bits per heavy atom. The van der Waals surface area contributed by atoms with Gasteiger partial charge < -0.3 is 14.2 Å². The van der Waals surface area contributed by atoms with Crippen molar-refractivity contribution in [2.24, 2.45) is 17.8 Å². The minimum atomic E-state index is -0.886. The molecule has 1 aliphatic carbocycles. The number of hydrogen-bond acceptors (Lipinski definition) is 6. The van der Waals surface area contributed by atoms with Gasteiger partial charge in [-0.05, 0) is 73.0 Å². The van der Waals surface area contributed by atoms with Crippen LogP contribution in [-0.2, 0) is 14.4 Å². The minimum absolute atomic E-state index is 0.331. The Balaban J connectivity index is 1.49. The van der Waals surface area contributed by atoms with Crippen molar-refractivity contribution in [1.29, 1.82) is 0 Å². The molecule has 2 amide bonds. The summed E-state index contributed by atoms with van der Waals surface area (Å²) in [4.78, 5) is 42.7. The monoisotopic (exact) mass is 509 g/mol. The average Bonchev–Trinajstić information content (AvgIpc) is 3.18. The third kappa shape index (κ3) is 3.69. The molecular formula is C31H27NO6. The molecule has 192 valence electrons. The number of esters is 1. The van der Waals surface area contributed by atoms with Crippen molar-refractivity contribution in [1.82, 2.24) is 0 Å². The van der Waals surface area contributed by atoms with E-state index < -0.39 is 35.5 Å². The van der Waals surface area contributed by atoms with Gasteiger partial charge in [0.2, 0.25) is 11.8 Å². The number of imide groups is 1. The van der Waals surface area contributed by atoms with Crippen LogP contribution in [0.4, 0.5) is 5.69 Å². The second kappa shape index (κ2) is 9.17. The first-order valence-corrected chi connectivity index (χ1v) is 12.7. The van der Waals surface area contributed by atoms with Crippen molar-refractivity contribution >= 4 is 29.0 Å². The largest absolute Gasteiger partial charge is 0.497 e. The highest BCUT2D eigenvalue weighted by molar-refractivity contribution is 6.24. The van der Waals surface area contributed by atoms with Gasteiger partial charge in [-0.1, -0.05) is 30.3 Å². The molecule has 0 radical (unpaired) electrons. The lowest BCUT2D eigenvalue weighted by molar-refractivity contribution is -0.142. The number of hydrogen-bond donors (Lipinski definition) is 0. The number of ether oxygens (including phenoxy) is 3. The molecule has 1 saturated heterocycles. The van der Waals surface area contributed by atoms with E-state index in [4.69, 9.17) is 14.2 Å². The Morgan fingerprint density at radius 1 is 0.868 bits per heavy atom. The molecule has 3 aromatic rings. The summed E-state index contributed by atoms with van der Waals surface area (Å²) in [6, 6.07) is 20.1. The van der Waals surface area contributed by atoms with Crippen molar-refractivity contribution in [3.05, 3.63) is 89.5 Å². The molecule has 4 atom stereocenters. The molecule has 0 bridgehead atoms. The van der Waals surface area contributed by atoms with Crippen LogP contribution in [0.15, 0.2) is 72.8 Å². The van der Waals surface area contributed by atoms with Gasteiger partial charge in [-0.2, -0.15) is 0 Å². The van der Waals surface area contributed by atoms with Crippen molar-refractivity contribution in [2.45, 2.75) is 19.8 Å². The standard InChI is InChI=1S/C31H27NO6/c1-4-37-21-12-8-19(9-13-21)32-29(33)26-23(18-6-10-20(36-3)11-7-18)16-24-22-14-5-17(2)15-25(22)38-31(35)27(24)28(26)30(32)34/h5-16,23,26-28H,4H2,1-3H3/t23-,26-,27+,28-/m0/s1. The van der Waals surface area contributed by atoms with Gasteiger partial charge in [0.15, 0.2) is 0 Å². The summed E-state index contributed by atoms with van der Waals surface area (Å²) in [7, 11) is 1.60. The normalized spacial score (nSPS) is 23.7. The second-order valence-electron chi connectivity index (χ2n) is 9.81. The van der Waals surface area contributed by atoms with E-state index in [0.29, 0.717) is 29.5 Å². The Kier molecular flexibility index (Phi) is 5.79. The number of carbonyl (C=O) groups excluding carboxylic acids is 3. The zero-order valence-corrected chi connectivity index (χ0v) is 21.3. The fourth-order valence-electron chi connectivity index (χ4n) is 5.93. The molecule has 0 unspecified atom stereocenters. The van der Waals surface area contributed by atoms with E-state index in [1.807, 2.05) is 62.4 Å². The van der Waals surface area contributed by atoms with Gasteiger partial charge in [0.25, 0.3) is 0 Å². The van der Waals surface area contributed by atoms with E-state index >= 15 is 0 Å². The lowest BCUT2D eigenvalue weighted by atomic mass is 9.64. The van der Waals surface area contributed by atoms with E-state index in [1.54, 1.807) is 31.4 Å². The molecule has 3 aliphatic rings. The molecule has 3 aromatic carbocycles. The van der Waals surface area contributed by atoms with Crippen LogP contribution in [0.3, 0.4) is 0 Å². The number of rotatable bonds is 5. The molecule has 1 fully saturated rings. The highest BCUT2D eigenvalue weighted by atomic mass is 16.5. The third-order valence-electron chi connectivity index (χ3n) is 7.66. The van der Waals surface area contributed by atoms with E-state index in [9.17, 15) is 14.4 Å². The number of amides is 2. The maximum Gasteiger partial charge on any atom is 0.319 e. The molecule has 2 aliphatic heterocycles. The molecule has 0 spiro atoms. The van der Waals surface area contributed by atoms with Gasteiger partial charge in [0, 0.05) is 11.5 Å². The molecule has 38 heavy (non-hydrogen) atoms. The smallest absolute Gasteiger partial charge is 0.319 e. The van der Waals surface area contributed by atoms with Crippen LogP contribution >= 0.6 is 0 Å². The van der Waals surface area contributed by atoms with Crippen LogP contribution in [0.25, 0.3) is 5.57 Å². The zero-order chi connectivity index (χ0) is 26.6. The van der Waals surface area contributed by atoms with Gasteiger partial charge in [-0.25, -0.2) is 4.90 Å². The van der Waals surface area contributed by atoms with Gasteiger partial charge in [0.1, 0.15) is 17.2 Å². The highest BCUT2D eigenvalue weighted by Gasteiger charge is 2.60. The van der Waals surface area contributed by atoms with Gasteiger partial charge in [0.05, 0.1) is 37.2 Å². The van der Waals surface area contributed by atoms with Crippen LogP contribution in [0, 0.1) is 24.7 Å². The number of anilines is 1. The predicted octanol–water partition coefficient (Wildman–Crippen LogP) is 4.92. The fourth-order valence-corrected chi connectivity index (χ4v) is 5.93. The van der Waals surface area contributed by atoms with Crippen molar-refractivity contribution in [2.75, 3.05) is 18.6 Å². The SMILES string of the molecule is CCOc1ccc(N2C(=O)[C@@H]3[C@@H]4C(=O)Oc5cc(C)ccc5C4=C[C@@H](c4ccc(OC)cc4)[C@@H]3C2=O)cc1. The molecule has 0 saturated carbocycles. The van der Waals surface area contributed by atoms with Crippen LogP contribution in [-0.4, -0.2) is 31.5 Å². The molecule has 7 heteroatoms. The van der Waals surface area contributed by atoms with Gasteiger partial charge in [-0.15, -0.1) is 0 Å². The summed E-state index contributed by atoms with van der Waals surface area (Å²) >= 11 is 0. The average molecular weight is 510 g/mol. The number of benzene rings is 3. The molecule has 7 nitrogen and oxygen atoms in total. The summed E-state index contributed by atoms with van der Waals surface area (Å²) in [5, 5.41) is 0. The van der Waals surface area contributed by atoms with E-state index in [1.165, 1.54) is 4.90 Å². The number of carbonyl (C=O) groups is 3. The van der Waals surface area contributed by atoms with Crippen LogP contribution in [0.1, 0.15) is 29.5 Å². The number of allylic oxidation sites excluding steroid dienone is 1. The number of aryl methyl sites for hydroxylation is 1. The van der Waals surface area contributed by atoms with Crippen molar-refractivity contribution < 1.29 is 28.6 Å². The first-order valence-electron chi connectivity index (χ1n) is 12.7. The third-order valence-corrected chi connectivity index (χ3v) is 7.66. The summed E-state index contributed by atoms with van der Waals surface area (Å²) in [6.07, 6.45) is 1.98. The summed E-state index contributed by atoms with van der Waals surface area (Å²) < 4.78 is 16.6. The zero-order valence-electron chi connectivity index (χ0n) is 21.3. The molecule has 2 heterocycles. The molecular weight excluding hydrogens is 482 g/mol. The predicted molar refractivity (Wildman–Crippen MR) is 141 cm³/mol. The Labute approximate surface area is 220 Å². The van der Waals surface area contributed by atoms with Crippen molar-refractivity contribution in [3.8, 4) is 17.2 Å². The van der Waals surface area contributed by atoms with Crippen LogP contribution < -0.4 is 19.1 Å². The first kappa shape index (κ1) is 24.0. The van der Waals surface area contributed by atoms with Gasteiger partial charge in [-0.3, -0.25) is 14.4 Å². The number of nitrogens with zero attached hydrogens (tertiary/aromatic N) is 1. The molecule has 0 aromatic heterocycles. The molecule has 0 N–H and O–H groups in total. The fraction of sp³-hybridized carbons (Fsp3) is 0.258. The first-order chi connectivity index (χ1) is 18.4. The Bertz CT molecular complexity index is 1470. The minimum Gasteiger partial charge on any atom is -0.497 e. The lowest BCUT2D eigenvalue weighted by Gasteiger charge is -2.38. The van der Waals surface area contributed by atoms with E-state index in [2.05, 4.69) is 0 Å². The quantitative estimate of drug-likeness (QED) is 0.276. The number of fused-ring (bicyclic) bond motifs is 5. The maximum absolute atomic E-state index is 14.0. The van der Waals surface area contributed by atoms with Crippen molar-refractivity contribution in [3.63, 3.8) is 0 Å².